The fourth-order valence-corrected chi connectivity index (χ4v) is 2.58. The van der Waals surface area contributed by atoms with Crippen molar-refractivity contribution in [2.75, 3.05) is 14.2 Å². The van der Waals surface area contributed by atoms with Crippen LogP contribution < -0.4 is 4.74 Å². The minimum absolute atomic E-state index is 0.0354. The van der Waals surface area contributed by atoms with Gasteiger partial charge in [0.05, 0.1) is 7.11 Å². The molecule has 2 rings (SSSR count). The summed E-state index contributed by atoms with van der Waals surface area (Å²) in [6.45, 7) is 0. The van der Waals surface area contributed by atoms with Gasteiger partial charge in [-0.15, -0.1) is 0 Å². The molecule has 2 nitrogen and oxygen atoms in total. The average molecular weight is 260 g/mol. The monoisotopic (exact) mass is 260 g/mol. The van der Waals surface area contributed by atoms with E-state index < -0.39 is 11.8 Å². The highest BCUT2D eigenvalue weighted by Gasteiger charge is 2.58. The van der Waals surface area contributed by atoms with E-state index in [1.807, 2.05) is 0 Å². The summed E-state index contributed by atoms with van der Waals surface area (Å²) in [5.41, 5.74) is -1.31. The highest BCUT2D eigenvalue weighted by Crippen LogP contribution is 2.49. The molecule has 0 bridgehead atoms. The Morgan fingerprint density at radius 3 is 2.50 bits per heavy atom. The van der Waals surface area contributed by atoms with Gasteiger partial charge in [0.25, 0.3) is 0 Å². The molecule has 0 amide bonds. The number of hydrogen-bond acceptors (Lipinski definition) is 2. The number of hydrogen-bond donors (Lipinski definition) is 0. The van der Waals surface area contributed by atoms with E-state index in [1.165, 1.54) is 13.2 Å². The lowest BCUT2D eigenvalue weighted by atomic mass is 9.78. The lowest BCUT2D eigenvalue weighted by molar-refractivity contribution is -0.281. The average Bonchev–Trinajstić information content (AvgIpc) is 2.35. The van der Waals surface area contributed by atoms with Gasteiger partial charge in [0.15, 0.2) is 5.60 Å². The van der Waals surface area contributed by atoms with E-state index in [4.69, 9.17) is 9.47 Å². The first-order valence-corrected chi connectivity index (χ1v) is 5.74. The van der Waals surface area contributed by atoms with Crippen molar-refractivity contribution in [3.8, 4) is 5.75 Å². The summed E-state index contributed by atoms with van der Waals surface area (Å²) in [6, 6.07) is 4.67. The Labute approximate surface area is 104 Å². The SMILES string of the molecule is COc1ccc2c(c1)CCCC2(OC)C(F)(F)F. The molecule has 1 unspecified atom stereocenters. The van der Waals surface area contributed by atoms with Gasteiger partial charge in [-0.05, 0) is 42.5 Å². The van der Waals surface area contributed by atoms with Crippen LogP contribution in [0.4, 0.5) is 13.2 Å². The molecule has 0 saturated heterocycles. The first-order chi connectivity index (χ1) is 8.44. The number of benzene rings is 1. The number of fused-ring (bicyclic) bond motifs is 1. The molecule has 0 fully saturated rings. The summed E-state index contributed by atoms with van der Waals surface area (Å²) in [4.78, 5) is 0. The van der Waals surface area contributed by atoms with Gasteiger partial charge in [-0.1, -0.05) is 6.07 Å². The van der Waals surface area contributed by atoms with Gasteiger partial charge in [-0.25, -0.2) is 0 Å². The van der Waals surface area contributed by atoms with Gasteiger partial charge in [0.1, 0.15) is 5.75 Å². The van der Waals surface area contributed by atoms with Crippen molar-refractivity contribution >= 4 is 0 Å². The van der Waals surface area contributed by atoms with Gasteiger partial charge in [-0.2, -0.15) is 13.2 Å². The summed E-state index contributed by atoms with van der Waals surface area (Å²) in [6.07, 6.45) is -3.38. The molecule has 100 valence electrons. The Morgan fingerprint density at radius 1 is 1.22 bits per heavy atom. The van der Waals surface area contributed by atoms with Crippen molar-refractivity contribution in [1.29, 1.82) is 0 Å². The van der Waals surface area contributed by atoms with Crippen LogP contribution in [0.3, 0.4) is 0 Å². The summed E-state index contributed by atoms with van der Waals surface area (Å²) >= 11 is 0. The number of ether oxygens (including phenoxy) is 2. The molecule has 1 aliphatic carbocycles. The van der Waals surface area contributed by atoms with Crippen LogP contribution in [-0.4, -0.2) is 20.4 Å². The van der Waals surface area contributed by atoms with Crippen molar-refractivity contribution in [3.05, 3.63) is 29.3 Å². The molecule has 1 aromatic rings. The Hall–Kier alpha value is -1.23. The second-order valence-electron chi connectivity index (χ2n) is 4.41. The van der Waals surface area contributed by atoms with Crippen LogP contribution in [0.1, 0.15) is 24.0 Å². The van der Waals surface area contributed by atoms with Crippen molar-refractivity contribution in [2.24, 2.45) is 0 Å². The molecule has 0 saturated carbocycles. The van der Waals surface area contributed by atoms with E-state index in [2.05, 4.69) is 0 Å². The third kappa shape index (κ3) is 1.86. The second-order valence-corrected chi connectivity index (χ2v) is 4.41. The highest BCUT2D eigenvalue weighted by atomic mass is 19.4. The zero-order chi connectivity index (χ0) is 13.4. The molecule has 0 heterocycles. The van der Waals surface area contributed by atoms with Crippen LogP contribution in [0.15, 0.2) is 18.2 Å². The molecule has 18 heavy (non-hydrogen) atoms. The van der Waals surface area contributed by atoms with E-state index >= 15 is 0 Å². The normalized spacial score (nSPS) is 23.6. The van der Waals surface area contributed by atoms with Crippen LogP contribution >= 0.6 is 0 Å². The first kappa shape index (κ1) is 13.2. The second kappa shape index (κ2) is 4.46. The molecule has 0 N–H and O–H groups in total. The molecular weight excluding hydrogens is 245 g/mol. The summed E-state index contributed by atoms with van der Waals surface area (Å²) in [5.74, 6) is 0.572. The number of rotatable bonds is 2. The molecule has 1 aliphatic rings. The Kier molecular flexibility index (Phi) is 3.27. The number of alkyl halides is 3. The molecule has 0 aliphatic heterocycles. The lowest BCUT2D eigenvalue weighted by Gasteiger charge is -2.39. The van der Waals surface area contributed by atoms with Crippen LogP contribution in [0, 0.1) is 0 Å². The third-order valence-electron chi connectivity index (χ3n) is 3.53. The minimum atomic E-state index is -4.41. The van der Waals surface area contributed by atoms with Crippen molar-refractivity contribution in [1.82, 2.24) is 0 Å². The Balaban J connectivity index is 2.56. The standard InChI is InChI=1S/C13H15F3O2/c1-17-10-5-6-11-9(8-10)4-3-7-12(11,18-2)13(14,15)16/h5-6,8H,3-4,7H2,1-2H3. The largest absolute Gasteiger partial charge is 0.497 e. The topological polar surface area (TPSA) is 18.5 Å². The van der Waals surface area contributed by atoms with Crippen molar-refractivity contribution in [3.63, 3.8) is 0 Å². The van der Waals surface area contributed by atoms with Crippen molar-refractivity contribution in [2.45, 2.75) is 31.0 Å². The van der Waals surface area contributed by atoms with E-state index in [-0.39, 0.29) is 12.0 Å². The van der Waals surface area contributed by atoms with Crippen LogP contribution in [0.2, 0.25) is 0 Å². The van der Waals surface area contributed by atoms with Crippen LogP contribution in [0.5, 0.6) is 5.75 Å². The van der Waals surface area contributed by atoms with E-state index in [0.29, 0.717) is 24.2 Å². The first-order valence-electron chi connectivity index (χ1n) is 5.74. The Morgan fingerprint density at radius 2 is 1.94 bits per heavy atom. The fourth-order valence-electron chi connectivity index (χ4n) is 2.58. The predicted octanol–water partition coefficient (Wildman–Crippen LogP) is 3.44. The van der Waals surface area contributed by atoms with Gasteiger partial charge in [-0.3, -0.25) is 0 Å². The highest BCUT2D eigenvalue weighted by molar-refractivity contribution is 5.41. The van der Waals surface area contributed by atoms with E-state index in [1.54, 1.807) is 12.1 Å². The number of aryl methyl sites for hydroxylation is 1. The molecule has 5 heteroatoms. The molecule has 0 radical (unpaired) electrons. The summed E-state index contributed by atoms with van der Waals surface area (Å²) < 4.78 is 49.8. The zero-order valence-corrected chi connectivity index (χ0v) is 10.3. The molecule has 0 aromatic heterocycles. The molecule has 1 atom stereocenters. The molecule has 1 aromatic carbocycles. The zero-order valence-electron chi connectivity index (χ0n) is 10.3. The Bertz CT molecular complexity index is 442. The van der Waals surface area contributed by atoms with Crippen LogP contribution in [0.25, 0.3) is 0 Å². The number of halogens is 3. The molecular formula is C13H15F3O2. The summed E-state index contributed by atoms with van der Waals surface area (Å²) in [5, 5.41) is 0. The summed E-state index contributed by atoms with van der Waals surface area (Å²) in [7, 11) is 2.62. The van der Waals surface area contributed by atoms with Gasteiger partial charge < -0.3 is 9.47 Å². The van der Waals surface area contributed by atoms with Crippen molar-refractivity contribution < 1.29 is 22.6 Å². The van der Waals surface area contributed by atoms with Crippen LogP contribution in [-0.2, 0) is 16.8 Å². The lowest BCUT2D eigenvalue weighted by Crippen LogP contribution is -2.46. The smallest absolute Gasteiger partial charge is 0.421 e. The maximum absolute atomic E-state index is 13.3. The fraction of sp³-hybridized carbons (Fsp3) is 0.538. The quantitative estimate of drug-likeness (QED) is 0.811. The minimum Gasteiger partial charge on any atom is -0.497 e. The van der Waals surface area contributed by atoms with Gasteiger partial charge in [0.2, 0.25) is 0 Å². The molecule has 0 spiro atoms. The van der Waals surface area contributed by atoms with Gasteiger partial charge in [0, 0.05) is 7.11 Å². The maximum atomic E-state index is 13.3. The van der Waals surface area contributed by atoms with E-state index in [0.717, 1.165) is 7.11 Å². The number of methoxy groups -OCH3 is 2. The maximum Gasteiger partial charge on any atom is 0.421 e. The van der Waals surface area contributed by atoms with Gasteiger partial charge >= 0.3 is 6.18 Å². The third-order valence-corrected chi connectivity index (χ3v) is 3.53. The van der Waals surface area contributed by atoms with E-state index in [9.17, 15) is 13.2 Å². The predicted molar refractivity (Wildman–Crippen MR) is 60.7 cm³/mol.